The van der Waals surface area contributed by atoms with Gasteiger partial charge in [0, 0.05) is 18.6 Å². The minimum atomic E-state index is -3.69. The molecule has 0 aliphatic heterocycles. The van der Waals surface area contributed by atoms with E-state index in [9.17, 15) is 0 Å². The number of hydrogen-bond donors (Lipinski definition) is 0. The molecule has 0 spiro atoms. The molecule has 3 heterocycles. The average molecular weight is 600 g/mol. The fourth-order valence-corrected chi connectivity index (χ4v) is 7.83. The third-order valence-electron chi connectivity index (χ3n) is 6.92. The van der Waals surface area contributed by atoms with Gasteiger partial charge in [-0.2, -0.15) is 0 Å². The zero-order valence-corrected chi connectivity index (χ0v) is 24.8. The Bertz CT molecular complexity index is 1640. The second-order valence-electron chi connectivity index (χ2n) is 9.84. The number of benzene rings is 3. The Morgan fingerprint density at radius 3 is 1.00 bits per heavy atom. The molecule has 0 bridgehead atoms. The summed E-state index contributed by atoms with van der Waals surface area (Å²) in [5.41, 5.74) is 2.28. The molecule has 8 heteroatoms. The van der Waals surface area contributed by atoms with Crippen molar-refractivity contribution in [2.75, 3.05) is 0 Å². The maximum Gasteiger partial charge on any atom is 0.181 e. The minimum absolute atomic E-state index is 0.216. The lowest BCUT2D eigenvalue weighted by molar-refractivity contribution is 0.302. The first kappa shape index (κ1) is 28.8. The molecule has 0 radical (unpaired) electrons. The van der Waals surface area contributed by atoms with Gasteiger partial charge in [0.15, 0.2) is 7.14 Å². The molecule has 44 heavy (non-hydrogen) atoms. The second kappa shape index (κ2) is 13.8. The van der Waals surface area contributed by atoms with Gasteiger partial charge in [0.1, 0.15) is 37.1 Å². The monoisotopic (exact) mass is 599 g/mol. The predicted molar refractivity (Wildman–Crippen MR) is 172 cm³/mol. The molecule has 7 nitrogen and oxygen atoms in total. The first-order chi connectivity index (χ1) is 21.7. The van der Waals surface area contributed by atoms with Crippen molar-refractivity contribution in [1.29, 1.82) is 0 Å². The Labute approximate surface area is 256 Å². The molecule has 0 aliphatic rings. The molecular formula is C36H30N3O4P. The molecule has 0 saturated carbocycles. The summed E-state index contributed by atoms with van der Waals surface area (Å²) >= 11 is 0. The van der Waals surface area contributed by atoms with Crippen molar-refractivity contribution in [2.45, 2.75) is 19.8 Å². The molecule has 0 aliphatic carbocycles. The number of aromatic nitrogens is 3. The molecule has 6 rings (SSSR count). The lowest BCUT2D eigenvalue weighted by atomic mass is 10.3. The fraction of sp³-hybridized carbons (Fsp3) is 0.0833. The molecule has 0 amide bonds. The third-order valence-corrected chi connectivity index (χ3v) is 10.1. The van der Waals surface area contributed by atoms with E-state index in [1.165, 1.54) is 0 Å². The highest BCUT2D eigenvalue weighted by Crippen LogP contribution is 2.49. The Kier molecular flexibility index (Phi) is 9.05. The highest BCUT2D eigenvalue weighted by atomic mass is 31.2. The van der Waals surface area contributed by atoms with Gasteiger partial charge in [0.2, 0.25) is 0 Å². The zero-order valence-electron chi connectivity index (χ0n) is 23.9. The third kappa shape index (κ3) is 6.54. The Hall–Kier alpha value is -5.26. The van der Waals surface area contributed by atoms with Crippen LogP contribution < -0.4 is 30.1 Å². The van der Waals surface area contributed by atoms with E-state index >= 15 is 4.57 Å². The second-order valence-corrected chi connectivity index (χ2v) is 12.5. The van der Waals surface area contributed by atoms with Gasteiger partial charge >= 0.3 is 0 Å². The highest BCUT2D eigenvalue weighted by molar-refractivity contribution is 7.85. The van der Waals surface area contributed by atoms with Gasteiger partial charge in [-0.25, -0.2) is 0 Å². The number of pyridine rings is 3. The lowest BCUT2D eigenvalue weighted by Crippen LogP contribution is -2.28. The normalized spacial score (nSPS) is 11.1. The molecule has 218 valence electrons. The van der Waals surface area contributed by atoms with Crippen LogP contribution in [-0.4, -0.2) is 15.0 Å². The molecule has 0 atom stereocenters. The van der Waals surface area contributed by atoms with Crippen LogP contribution in [0.2, 0.25) is 0 Å². The van der Waals surface area contributed by atoms with Crippen LogP contribution in [0.1, 0.15) is 17.1 Å². The van der Waals surface area contributed by atoms with Gasteiger partial charge in [-0.3, -0.25) is 15.0 Å². The largest absolute Gasteiger partial charge is 0.486 e. The van der Waals surface area contributed by atoms with Gasteiger partial charge in [0.25, 0.3) is 0 Å². The smallest absolute Gasteiger partial charge is 0.181 e. The molecule has 6 aromatic rings. The van der Waals surface area contributed by atoms with Crippen LogP contribution in [0, 0.1) is 0 Å². The Morgan fingerprint density at radius 1 is 0.409 bits per heavy atom. The molecular weight excluding hydrogens is 569 g/mol. The number of ether oxygens (including phenoxy) is 3. The number of para-hydroxylation sites is 3. The first-order valence-electron chi connectivity index (χ1n) is 14.2. The first-order valence-corrected chi connectivity index (χ1v) is 15.9. The quantitative estimate of drug-likeness (QED) is 0.154. The SMILES string of the molecule is O=P(c1ccccc1OCc1ccccn1)(c1ccccc1OCc1ccccn1)c1ccccc1OCc1ccccn1. The van der Waals surface area contributed by atoms with Gasteiger partial charge < -0.3 is 18.8 Å². The van der Waals surface area contributed by atoms with Crippen molar-refractivity contribution in [3.05, 3.63) is 163 Å². The molecule has 0 fully saturated rings. The average Bonchev–Trinajstić information content (AvgIpc) is 3.10. The molecule has 0 unspecified atom stereocenters. The van der Waals surface area contributed by atoms with Crippen LogP contribution in [0.5, 0.6) is 17.2 Å². The van der Waals surface area contributed by atoms with Crippen molar-refractivity contribution in [2.24, 2.45) is 0 Å². The molecule has 3 aromatic carbocycles. The van der Waals surface area contributed by atoms with Crippen LogP contribution in [0.15, 0.2) is 146 Å². The maximum absolute atomic E-state index is 16.0. The van der Waals surface area contributed by atoms with E-state index in [0.717, 1.165) is 17.1 Å². The predicted octanol–water partition coefficient (Wildman–Crippen LogP) is 6.25. The van der Waals surface area contributed by atoms with Crippen LogP contribution >= 0.6 is 7.14 Å². The standard InChI is InChI=1S/C36H30N3O4P/c40-44(34-19-4-1-16-31(34)41-25-28-13-7-10-22-37-28,35-20-5-2-17-32(35)42-26-29-14-8-11-23-38-29)36-21-6-3-18-33(36)43-27-30-15-9-12-24-39-30/h1-24H,25-27H2. The van der Waals surface area contributed by atoms with Crippen LogP contribution in [-0.2, 0) is 24.4 Å². The van der Waals surface area contributed by atoms with Crippen LogP contribution in [0.4, 0.5) is 0 Å². The molecule has 3 aromatic heterocycles. The number of nitrogens with zero attached hydrogens (tertiary/aromatic N) is 3. The van der Waals surface area contributed by atoms with E-state index in [4.69, 9.17) is 14.2 Å². The van der Waals surface area contributed by atoms with Crippen molar-refractivity contribution in [1.82, 2.24) is 15.0 Å². The van der Waals surface area contributed by atoms with Gasteiger partial charge in [-0.15, -0.1) is 0 Å². The Morgan fingerprint density at radius 2 is 0.705 bits per heavy atom. The lowest BCUT2D eigenvalue weighted by Gasteiger charge is -2.26. The van der Waals surface area contributed by atoms with E-state index in [-0.39, 0.29) is 19.8 Å². The van der Waals surface area contributed by atoms with Gasteiger partial charge in [0.05, 0.1) is 33.0 Å². The summed E-state index contributed by atoms with van der Waals surface area (Å²) in [6.07, 6.45) is 5.17. The van der Waals surface area contributed by atoms with Crippen molar-refractivity contribution in [3.8, 4) is 17.2 Å². The summed E-state index contributed by atoms with van der Waals surface area (Å²) < 4.78 is 35.0. The van der Waals surface area contributed by atoms with Crippen molar-refractivity contribution >= 4 is 23.1 Å². The van der Waals surface area contributed by atoms with E-state index in [1.807, 2.05) is 127 Å². The fourth-order valence-electron chi connectivity index (χ4n) is 4.81. The minimum Gasteiger partial charge on any atom is -0.486 e. The summed E-state index contributed by atoms with van der Waals surface area (Å²) in [5.74, 6) is 1.46. The summed E-state index contributed by atoms with van der Waals surface area (Å²) in [7, 11) is -3.69. The zero-order chi connectivity index (χ0) is 30.0. The molecule has 0 N–H and O–H groups in total. The van der Waals surface area contributed by atoms with E-state index in [2.05, 4.69) is 15.0 Å². The number of rotatable bonds is 12. The summed E-state index contributed by atoms with van der Waals surface area (Å²) in [6.45, 7) is 0.647. The summed E-state index contributed by atoms with van der Waals surface area (Å²) in [4.78, 5) is 13.2. The highest BCUT2D eigenvalue weighted by Gasteiger charge is 2.38. The van der Waals surface area contributed by atoms with Crippen molar-refractivity contribution < 1.29 is 18.8 Å². The van der Waals surface area contributed by atoms with Gasteiger partial charge in [-0.05, 0) is 72.8 Å². The van der Waals surface area contributed by atoms with E-state index < -0.39 is 7.14 Å². The summed E-state index contributed by atoms with van der Waals surface area (Å²) in [6, 6.07) is 39.2. The van der Waals surface area contributed by atoms with Crippen LogP contribution in [0.25, 0.3) is 0 Å². The number of hydrogen-bond acceptors (Lipinski definition) is 7. The van der Waals surface area contributed by atoms with E-state index in [0.29, 0.717) is 33.2 Å². The van der Waals surface area contributed by atoms with E-state index in [1.54, 1.807) is 18.6 Å². The Balaban J connectivity index is 1.46. The molecule has 0 saturated heterocycles. The van der Waals surface area contributed by atoms with Gasteiger partial charge in [-0.1, -0.05) is 54.6 Å². The van der Waals surface area contributed by atoms with Crippen molar-refractivity contribution in [3.63, 3.8) is 0 Å². The van der Waals surface area contributed by atoms with Crippen LogP contribution in [0.3, 0.4) is 0 Å². The maximum atomic E-state index is 16.0. The topological polar surface area (TPSA) is 83.4 Å². The summed E-state index contributed by atoms with van der Waals surface area (Å²) in [5, 5.41) is 1.58.